The molecule has 0 saturated heterocycles. The summed E-state index contributed by atoms with van der Waals surface area (Å²) in [7, 11) is 0. The monoisotopic (exact) mass is 200 g/mol. The summed E-state index contributed by atoms with van der Waals surface area (Å²) in [6.07, 6.45) is 1.00. The molecule has 1 aromatic rings. The van der Waals surface area contributed by atoms with E-state index in [-0.39, 0.29) is 0 Å². The Hall–Kier alpha value is -1.30. The Balaban J connectivity index is 2.90. The summed E-state index contributed by atoms with van der Waals surface area (Å²) in [4.78, 5) is 0. The predicted molar refractivity (Wildman–Crippen MR) is 69.6 cm³/mol. The summed E-state index contributed by atoms with van der Waals surface area (Å²) in [6, 6.07) is 8.54. The molecular weight excluding hydrogens is 180 g/mol. The van der Waals surface area contributed by atoms with Crippen molar-refractivity contribution in [3.05, 3.63) is 48.6 Å². The van der Waals surface area contributed by atoms with Crippen LogP contribution in [0, 0.1) is 5.92 Å². The standard InChI is InChI=1S/C15H20/c1-6-12(4)14-7-9-15(10-8-14)13(5)11(2)3/h7-11H,4-6H2,1-3H3. The minimum Gasteiger partial charge on any atom is -0.0952 e. The average Bonchev–Trinajstić information content (AvgIpc) is 2.27. The van der Waals surface area contributed by atoms with Gasteiger partial charge in [-0.05, 0) is 34.6 Å². The van der Waals surface area contributed by atoms with Crippen LogP contribution in [-0.2, 0) is 0 Å². The first kappa shape index (κ1) is 11.8. The number of benzene rings is 1. The van der Waals surface area contributed by atoms with E-state index in [1.165, 1.54) is 22.3 Å². The summed E-state index contributed by atoms with van der Waals surface area (Å²) in [5.41, 5.74) is 4.86. The van der Waals surface area contributed by atoms with Crippen LogP contribution in [0.5, 0.6) is 0 Å². The van der Waals surface area contributed by atoms with Crippen LogP contribution in [-0.4, -0.2) is 0 Å². The van der Waals surface area contributed by atoms with Crippen molar-refractivity contribution in [3.63, 3.8) is 0 Å². The Labute approximate surface area is 93.3 Å². The van der Waals surface area contributed by atoms with E-state index in [2.05, 4.69) is 58.2 Å². The highest BCUT2D eigenvalue weighted by Crippen LogP contribution is 2.23. The van der Waals surface area contributed by atoms with Gasteiger partial charge in [0.25, 0.3) is 0 Å². The lowest BCUT2D eigenvalue weighted by molar-refractivity contribution is 0.858. The molecule has 0 bridgehead atoms. The summed E-state index contributed by atoms with van der Waals surface area (Å²) in [6.45, 7) is 14.6. The number of allylic oxidation sites excluding steroid dienone is 2. The summed E-state index contributed by atoms with van der Waals surface area (Å²) in [5.74, 6) is 0.505. The molecule has 1 aromatic carbocycles. The molecule has 0 atom stereocenters. The van der Waals surface area contributed by atoms with Crippen LogP contribution >= 0.6 is 0 Å². The fraction of sp³-hybridized carbons (Fsp3) is 0.333. The van der Waals surface area contributed by atoms with E-state index in [0.717, 1.165) is 6.42 Å². The number of hydrogen-bond acceptors (Lipinski definition) is 0. The topological polar surface area (TPSA) is 0 Å². The fourth-order valence-corrected chi connectivity index (χ4v) is 1.46. The lowest BCUT2D eigenvalue weighted by Gasteiger charge is -2.10. The minimum absolute atomic E-state index is 0.505. The lowest BCUT2D eigenvalue weighted by atomic mass is 9.95. The zero-order valence-electron chi connectivity index (χ0n) is 10.0. The number of hydrogen-bond donors (Lipinski definition) is 0. The zero-order valence-corrected chi connectivity index (χ0v) is 10.0. The smallest absolute Gasteiger partial charge is 0.0219 e. The van der Waals surface area contributed by atoms with Gasteiger partial charge in [-0.3, -0.25) is 0 Å². The summed E-state index contributed by atoms with van der Waals surface area (Å²) < 4.78 is 0. The molecular formula is C15H20. The molecule has 0 nitrogen and oxygen atoms in total. The molecule has 0 aliphatic rings. The molecule has 0 aliphatic carbocycles. The molecule has 0 heteroatoms. The summed E-state index contributed by atoms with van der Waals surface area (Å²) in [5, 5.41) is 0. The molecule has 0 N–H and O–H groups in total. The molecule has 80 valence electrons. The first-order chi connectivity index (χ1) is 7.06. The Morgan fingerprint density at radius 3 is 1.93 bits per heavy atom. The molecule has 1 rings (SSSR count). The van der Waals surface area contributed by atoms with Gasteiger partial charge in [-0.2, -0.15) is 0 Å². The minimum atomic E-state index is 0.505. The third-order valence-corrected chi connectivity index (χ3v) is 2.79. The van der Waals surface area contributed by atoms with Crippen molar-refractivity contribution < 1.29 is 0 Å². The van der Waals surface area contributed by atoms with Crippen LogP contribution in [0.25, 0.3) is 11.1 Å². The Bertz CT molecular complexity index is 352. The first-order valence-electron chi connectivity index (χ1n) is 5.53. The third kappa shape index (κ3) is 2.82. The molecule has 0 amide bonds. The van der Waals surface area contributed by atoms with Crippen molar-refractivity contribution in [2.75, 3.05) is 0 Å². The quantitative estimate of drug-likeness (QED) is 0.656. The summed E-state index contributed by atoms with van der Waals surface area (Å²) >= 11 is 0. The van der Waals surface area contributed by atoms with Crippen LogP contribution < -0.4 is 0 Å². The van der Waals surface area contributed by atoms with E-state index in [1.54, 1.807) is 0 Å². The van der Waals surface area contributed by atoms with Gasteiger partial charge in [0.2, 0.25) is 0 Å². The van der Waals surface area contributed by atoms with Gasteiger partial charge in [0.15, 0.2) is 0 Å². The largest absolute Gasteiger partial charge is 0.0952 e. The van der Waals surface area contributed by atoms with Crippen LogP contribution in [0.4, 0.5) is 0 Å². The van der Waals surface area contributed by atoms with Gasteiger partial charge < -0.3 is 0 Å². The van der Waals surface area contributed by atoms with Crippen molar-refractivity contribution >= 4 is 11.1 Å². The van der Waals surface area contributed by atoms with E-state index in [9.17, 15) is 0 Å². The average molecular weight is 200 g/mol. The third-order valence-electron chi connectivity index (χ3n) is 2.79. The van der Waals surface area contributed by atoms with E-state index in [0.29, 0.717) is 5.92 Å². The maximum Gasteiger partial charge on any atom is -0.0219 e. The second-order valence-corrected chi connectivity index (χ2v) is 4.21. The molecule has 0 radical (unpaired) electrons. The Kier molecular flexibility index (Phi) is 3.90. The Morgan fingerprint density at radius 2 is 1.53 bits per heavy atom. The molecule has 0 fully saturated rings. The SMILES string of the molecule is C=C(CC)c1ccc(C(=C)C(C)C)cc1. The number of rotatable bonds is 4. The van der Waals surface area contributed by atoms with Gasteiger partial charge in [0.05, 0.1) is 0 Å². The van der Waals surface area contributed by atoms with E-state index < -0.39 is 0 Å². The second-order valence-electron chi connectivity index (χ2n) is 4.21. The predicted octanol–water partition coefficient (Wildman–Crippen LogP) is 4.78. The highest BCUT2D eigenvalue weighted by atomic mass is 14.1. The van der Waals surface area contributed by atoms with Gasteiger partial charge >= 0.3 is 0 Å². The molecule has 0 heterocycles. The van der Waals surface area contributed by atoms with Crippen molar-refractivity contribution in [1.82, 2.24) is 0 Å². The van der Waals surface area contributed by atoms with E-state index in [4.69, 9.17) is 0 Å². The van der Waals surface area contributed by atoms with Gasteiger partial charge in [-0.15, -0.1) is 0 Å². The highest BCUT2D eigenvalue weighted by Gasteiger charge is 2.03. The molecule has 0 aromatic heterocycles. The van der Waals surface area contributed by atoms with Crippen molar-refractivity contribution in [2.45, 2.75) is 27.2 Å². The van der Waals surface area contributed by atoms with Gasteiger partial charge in [-0.25, -0.2) is 0 Å². The zero-order chi connectivity index (χ0) is 11.4. The molecule has 0 spiro atoms. The first-order valence-corrected chi connectivity index (χ1v) is 5.53. The lowest BCUT2D eigenvalue weighted by Crippen LogP contribution is -1.92. The van der Waals surface area contributed by atoms with Crippen LogP contribution in [0.2, 0.25) is 0 Å². The van der Waals surface area contributed by atoms with Gasteiger partial charge in [-0.1, -0.05) is 58.2 Å². The normalized spacial score (nSPS) is 10.4. The Morgan fingerprint density at radius 1 is 1.07 bits per heavy atom. The molecule has 0 aliphatic heterocycles. The van der Waals surface area contributed by atoms with Crippen LogP contribution in [0.15, 0.2) is 37.4 Å². The highest BCUT2D eigenvalue weighted by molar-refractivity contribution is 5.69. The van der Waals surface area contributed by atoms with Crippen molar-refractivity contribution in [1.29, 1.82) is 0 Å². The van der Waals surface area contributed by atoms with E-state index in [1.807, 2.05) is 0 Å². The van der Waals surface area contributed by atoms with Crippen LogP contribution in [0.1, 0.15) is 38.3 Å². The molecule has 0 saturated carbocycles. The molecule has 0 unspecified atom stereocenters. The maximum atomic E-state index is 4.10. The fourth-order valence-electron chi connectivity index (χ4n) is 1.46. The molecule has 15 heavy (non-hydrogen) atoms. The maximum absolute atomic E-state index is 4.10. The van der Waals surface area contributed by atoms with Crippen molar-refractivity contribution in [3.8, 4) is 0 Å². The van der Waals surface area contributed by atoms with Gasteiger partial charge in [0, 0.05) is 0 Å². The van der Waals surface area contributed by atoms with Crippen molar-refractivity contribution in [2.24, 2.45) is 5.92 Å². The second kappa shape index (κ2) is 4.97. The van der Waals surface area contributed by atoms with E-state index >= 15 is 0 Å². The van der Waals surface area contributed by atoms with Crippen LogP contribution in [0.3, 0.4) is 0 Å². The van der Waals surface area contributed by atoms with Gasteiger partial charge in [0.1, 0.15) is 0 Å².